The fourth-order valence-corrected chi connectivity index (χ4v) is 2.50. The number of H-pyrrole nitrogens is 1. The van der Waals surface area contributed by atoms with Crippen LogP contribution in [0.2, 0.25) is 0 Å². The van der Waals surface area contributed by atoms with Crippen molar-refractivity contribution < 1.29 is 14.3 Å². The lowest BCUT2D eigenvalue weighted by Gasteiger charge is -2.15. The third-order valence-electron chi connectivity index (χ3n) is 3.69. The molecule has 0 aromatic carbocycles. The van der Waals surface area contributed by atoms with Crippen LogP contribution in [0.1, 0.15) is 23.0 Å². The molecule has 1 saturated heterocycles. The summed E-state index contributed by atoms with van der Waals surface area (Å²) in [6, 6.07) is 3.21. The van der Waals surface area contributed by atoms with E-state index in [4.69, 9.17) is 4.74 Å². The molecule has 1 aliphatic heterocycles. The number of amides is 1. The molecule has 20 heavy (non-hydrogen) atoms. The van der Waals surface area contributed by atoms with Gasteiger partial charge < -0.3 is 14.6 Å². The van der Waals surface area contributed by atoms with Gasteiger partial charge in [-0.05, 0) is 25.0 Å². The summed E-state index contributed by atoms with van der Waals surface area (Å²) in [6.07, 6.45) is 0. The molecule has 1 N–H and O–H groups in total. The number of ether oxygens (including phenoxy) is 1. The van der Waals surface area contributed by atoms with Gasteiger partial charge in [0.15, 0.2) is 0 Å². The van der Waals surface area contributed by atoms with E-state index >= 15 is 0 Å². The summed E-state index contributed by atoms with van der Waals surface area (Å²) in [6.45, 7) is 4.39. The van der Waals surface area contributed by atoms with E-state index in [0.717, 1.165) is 0 Å². The molecule has 1 fully saturated rings. The first-order valence-corrected chi connectivity index (χ1v) is 6.51. The Hall–Kier alpha value is -2.11. The van der Waals surface area contributed by atoms with E-state index in [2.05, 4.69) is 4.98 Å². The van der Waals surface area contributed by atoms with E-state index < -0.39 is 5.56 Å². The monoisotopic (exact) mass is 278 g/mol. The summed E-state index contributed by atoms with van der Waals surface area (Å²) in [5, 5.41) is 0. The number of methoxy groups -OCH3 is 1. The Labute approximate surface area is 116 Å². The zero-order chi connectivity index (χ0) is 14.9. The van der Waals surface area contributed by atoms with Crippen LogP contribution < -0.4 is 5.56 Å². The number of aromatic nitrogens is 1. The highest BCUT2D eigenvalue weighted by Crippen LogP contribution is 2.25. The van der Waals surface area contributed by atoms with Crippen LogP contribution in [0, 0.1) is 18.8 Å². The number of carbonyl (C=O) groups excluding carboxylic acids is 2. The largest absolute Gasteiger partial charge is 0.469 e. The number of esters is 1. The molecular formula is C14H18N2O4. The van der Waals surface area contributed by atoms with Crippen LogP contribution in [0.3, 0.4) is 0 Å². The van der Waals surface area contributed by atoms with Crippen LogP contribution in [0.25, 0.3) is 0 Å². The molecule has 0 spiro atoms. The molecule has 0 bridgehead atoms. The third-order valence-corrected chi connectivity index (χ3v) is 3.69. The number of hydrogen-bond donors (Lipinski definition) is 1. The minimum atomic E-state index is -0.399. The molecule has 6 nitrogen and oxygen atoms in total. The van der Waals surface area contributed by atoms with Crippen LogP contribution in [0.4, 0.5) is 0 Å². The van der Waals surface area contributed by atoms with Gasteiger partial charge >= 0.3 is 5.97 Å². The van der Waals surface area contributed by atoms with E-state index in [9.17, 15) is 14.4 Å². The Morgan fingerprint density at radius 2 is 2.05 bits per heavy atom. The van der Waals surface area contributed by atoms with Crippen LogP contribution in [-0.4, -0.2) is 42.0 Å². The average Bonchev–Trinajstić information content (AvgIpc) is 2.79. The lowest BCUT2D eigenvalue weighted by molar-refractivity contribution is -0.146. The SMILES string of the molecule is COC(=O)C1CN(C(=O)c2ccc(C)[nH]c2=O)CC1C. The van der Waals surface area contributed by atoms with Crippen molar-refractivity contribution in [2.75, 3.05) is 20.2 Å². The summed E-state index contributed by atoms with van der Waals surface area (Å²) in [5.41, 5.74) is 0.409. The lowest BCUT2D eigenvalue weighted by atomic mass is 9.99. The second-order valence-corrected chi connectivity index (χ2v) is 5.20. The summed E-state index contributed by atoms with van der Waals surface area (Å²) in [4.78, 5) is 39.9. The number of aryl methyl sites for hydroxylation is 1. The Bertz CT molecular complexity index is 593. The molecule has 0 aliphatic carbocycles. The highest BCUT2D eigenvalue weighted by Gasteiger charge is 2.38. The number of nitrogens with one attached hydrogen (secondary N) is 1. The minimum absolute atomic E-state index is 0.0240. The molecule has 2 unspecified atom stereocenters. The summed E-state index contributed by atoms with van der Waals surface area (Å²) >= 11 is 0. The molecule has 0 saturated carbocycles. The molecule has 2 rings (SSSR count). The van der Waals surface area contributed by atoms with Crippen molar-refractivity contribution in [1.29, 1.82) is 0 Å². The number of hydrogen-bond acceptors (Lipinski definition) is 4. The highest BCUT2D eigenvalue weighted by molar-refractivity contribution is 5.94. The zero-order valence-electron chi connectivity index (χ0n) is 11.8. The van der Waals surface area contributed by atoms with E-state index in [1.54, 1.807) is 13.0 Å². The molecular weight excluding hydrogens is 260 g/mol. The van der Waals surface area contributed by atoms with Gasteiger partial charge in [0.05, 0.1) is 13.0 Å². The number of carbonyl (C=O) groups is 2. The molecule has 1 amide bonds. The molecule has 1 aromatic heterocycles. The minimum Gasteiger partial charge on any atom is -0.469 e. The maximum atomic E-state index is 12.3. The van der Waals surface area contributed by atoms with Gasteiger partial charge in [0, 0.05) is 18.8 Å². The maximum Gasteiger partial charge on any atom is 0.310 e. The first-order valence-electron chi connectivity index (χ1n) is 6.51. The van der Waals surface area contributed by atoms with Gasteiger partial charge in [-0.3, -0.25) is 14.4 Å². The fourth-order valence-electron chi connectivity index (χ4n) is 2.50. The number of aromatic amines is 1. The van der Waals surface area contributed by atoms with Crippen LogP contribution in [-0.2, 0) is 9.53 Å². The van der Waals surface area contributed by atoms with Gasteiger partial charge in [-0.15, -0.1) is 0 Å². The number of rotatable bonds is 2. The number of nitrogens with zero attached hydrogens (tertiary/aromatic N) is 1. The summed E-state index contributed by atoms with van der Waals surface area (Å²) in [5.74, 6) is -0.959. The molecule has 0 radical (unpaired) electrons. The smallest absolute Gasteiger partial charge is 0.310 e. The Kier molecular flexibility index (Phi) is 3.92. The van der Waals surface area contributed by atoms with Gasteiger partial charge in [-0.2, -0.15) is 0 Å². The first kappa shape index (κ1) is 14.3. The molecule has 6 heteroatoms. The quantitative estimate of drug-likeness (QED) is 0.802. The van der Waals surface area contributed by atoms with Crippen molar-refractivity contribution in [3.05, 3.63) is 33.7 Å². The fraction of sp³-hybridized carbons (Fsp3) is 0.500. The second-order valence-electron chi connectivity index (χ2n) is 5.20. The third kappa shape index (κ3) is 2.59. The van der Waals surface area contributed by atoms with Gasteiger partial charge in [-0.25, -0.2) is 0 Å². The van der Waals surface area contributed by atoms with Crippen molar-refractivity contribution in [2.45, 2.75) is 13.8 Å². The van der Waals surface area contributed by atoms with Crippen molar-refractivity contribution >= 4 is 11.9 Å². The topological polar surface area (TPSA) is 79.5 Å². The molecule has 1 aromatic rings. The van der Waals surface area contributed by atoms with Gasteiger partial charge in [-0.1, -0.05) is 6.92 Å². The van der Waals surface area contributed by atoms with Crippen LogP contribution in [0.15, 0.2) is 16.9 Å². The van der Waals surface area contributed by atoms with E-state index in [-0.39, 0.29) is 29.3 Å². The molecule has 2 atom stereocenters. The predicted molar refractivity (Wildman–Crippen MR) is 72.4 cm³/mol. The van der Waals surface area contributed by atoms with Crippen molar-refractivity contribution in [3.63, 3.8) is 0 Å². The molecule has 2 heterocycles. The van der Waals surface area contributed by atoms with Crippen molar-refractivity contribution in [2.24, 2.45) is 11.8 Å². The predicted octanol–water partition coefficient (Wildman–Crippen LogP) is 0.564. The maximum absolute atomic E-state index is 12.3. The molecule has 108 valence electrons. The summed E-state index contributed by atoms with van der Waals surface area (Å²) in [7, 11) is 1.34. The standard InChI is InChI=1S/C14H18N2O4/c1-8-6-16(7-11(8)14(19)20-3)13(18)10-5-4-9(2)15-12(10)17/h4-5,8,11H,6-7H2,1-3H3,(H,15,17). The van der Waals surface area contributed by atoms with Crippen LogP contribution in [0.5, 0.6) is 0 Å². The van der Waals surface area contributed by atoms with E-state index in [1.807, 2.05) is 6.92 Å². The van der Waals surface area contributed by atoms with Crippen molar-refractivity contribution in [1.82, 2.24) is 9.88 Å². The Morgan fingerprint density at radius 1 is 1.35 bits per heavy atom. The number of likely N-dealkylation sites (tertiary alicyclic amines) is 1. The first-order chi connectivity index (χ1) is 9.43. The number of pyridine rings is 1. The Balaban J connectivity index is 2.19. The van der Waals surface area contributed by atoms with Crippen LogP contribution >= 0.6 is 0 Å². The van der Waals surface area contributed by atoms with Crippen molar-refractivity contribution in [3.8, 4) is 0 Å². The average molecular weight is 278 g/mol. The Morgan fingerprint density at radius 3 is 2.65 bits per heavy atom. The summed E-state index contributed by atoms with van der Waals surface area (Å²) < 4.78 is 4.73. The normalized spacial score (nSPS) is 21.9. The van der Waals surface area contributed by atoms with Gasteiger partial charge in [0.2, 0.25) is 0 Å². The lowest BCUT2D eigenvalue weighted by Crippen LogP contribution is -2.34. The van der Waals surface area contributed by atoms with E-state index in [1.165, 1.54) is 18.1 Å². The molecule has 1 aliphatic rings. The highest BCUT2D eigenvalue weighted by atomic mass is 16.5. The van der Waals surface area contributed by atoms with Gasteiger partial charge in [0.25, 0.3) is 11.5 Å². The van der Waals surface area contributed by atoms with E-state index in [0.29, 0.717) is 18.8 Å². The van der Waals surface area contributed by atoms with Gasteiger partial charge in [0.1, 0.15) is 5.56 Å². The zero-order valence-corrected chi connectivity index (χ0v) is 11.8. The second kappa shape index (κ2) is 5.48.